The van der Waals surface area contributed by atoms with Crippen LogP contribution in [0.15, 0.2) is 42.5 Å². The van der Waals surface area contributed by atoms with E-state index in [-0.39, 0.29) is 6.61 Å². The Morgan fingerprint density at radius 2 is 1.73 bits per heavy atom. The van der Waals surface area contributed by atoms with E-state index in [9.17, 15) is 5.11 Å². The first-order chi connectivity index (χ1) is 12.6. The lowest BCUT2D eigenvalue weighted by molar-refractivity contribution is 0.181. The SMILES string of the molecule is NC1(CO)CCc2cc(-c3ccc(CN4CCNCC4)cc3)ccc2C1. The van der Waals surface area contributed by atoms with Crippen LogP contribution in [0.25, 0.3) is 11.1 Å². The second kappa shape index (κ2) is 7.49. The van der Waals surface area contributed by atoms with Crippen LogP contribution in [0, 0.1) is 0 Å². The van der Waals surface area contributed by atoms with Gasteiger partial charge in [-0.2, -0.15) is 0 Å². The molecular formula is C22H29N3O. The van der Waals surface area contributed by atoms with E-state index < -0.39 is 5.54 Å². The fourth-order valence-corrected chi connectivity index (χ4v) is 4.13. The van der Waals surface area contributed by atoms with Crippen molar-refractivity contribution in [3.63, 3.8) is 0 Å². The van der Waals surface area contributed by atoms with Crippen molar-refractivity contribution < 1.29 is 5.11 Å². The van der Waals surface area contributed by atoms with Gasteiger partial charge in [0.15, 0.2) is 0 Å². The lowest BCUT2D eigenvalue weighted by atomic mass is 9.78. The Labute approximate surface area is 156 Å². The first kappa shape index (κ1) is 17.7. The minimum Gasteiger partial charge on any atom is -0.394 e. The summed E-state index contributed by atoms with van der Waals surface area (Å²) in [6.07, 6.45) is 2.56. The molecule has 1 aliphatic carbocycles. The molecule has 4 N–H and O–H groups in total. The largest absolute Gasteiger partial charge is 0.394 e. The molecular weight excluding hydrogens is 322 g/mol. The van der Waals surface area contributed by atoms with Crippen LogP contribution >= 0.6 is 0 Å². The van der Waals surface area contributed by atoms with E-state index in [2.05, 4.69) is 52.7 Å². The molecule has 1 aliphatic heterocycles. The molecule has 1 unspecified atom stereocenters. The second-order valence-electron chi connectivity index (χ2n) is 7.90. The lowest BCUT2D eigenvalue weighted by Gasteiger charge is -2.33. The Balaban J connectivity index is 1.48. The van der Waals surface area contributed by atoms with E-state index in [1.54, 1.807) is 0 Å². The van der Waals surface area contributed by atoms with E-state index in [1.807, 2.05) is 0 Å². The molecule has 4 heteroatoms. The summed E-state index contributed by atoms with van der Waals surface area (Å²) in [5, 5.41) is 12.9. The number of rotatable bonds is 4. The zero-order valence-corrected chi connectivity index (χ0v) is 15.4. The van der Waals surface area contributed by atoms with E-state index in [1.165, 1.54) is 27.8 Å². The van der Waals surface area contributed by atoms with Crippen LogP contribution in [0.1, 0.15) is 23.1 Å². The van der Waals surface area contributed by atoms with Crippen molar-refractivity contribution >= 4 is 0 Å². The first-order valence-electron chi connectivity index (χ1n) is 9.69. The Kier molecular flexibility index (Phi) is 5.09. The van der Waals surface area contributed by atoms with E-state index in [4.69, 9.17) is 5.73 Å². The quantitative estimate of drug-likeness (QED) is 0.788. The number of piperazine rings is 1. The van der Waals surface area contributed by atoms with Crippen LogP contribution in [0.3, 0.4) is 0 Å². The van der Waals surface area contributed by atoms with Gasteiger partial charge in [0.05, 0.1) is 6.61 Å². The predicted octanol–water partition coefficient (Wildman–Crippen LogP) is 1.94. The number of benzene rings is 2. The molecule has 0 bridgehead atoms. The lowest BCUT2D eigenvalue weighted by Crippen LogP contribution is -2.48. The normalized spacial score (nSPS) is 23.6. The Morgan fingerprint density at radius 3 is 2.46 bits per heavy atom. The highest BCUT2D eigenvalue weighted by Gasteiger charge is 2.29. The molecule has 4 nitrogen and oxygen atoms in total. The van der Waals surface area contributed by atoms with Gasteiger partial charge >= 0.3 is 0 Å². The molecule has 1 saturated heterocycles. The molecule has 26 heavy (non-hydrogen) atoms. The van der Waals surface area contributed by atoms with Crippen LogP contribution in [0.4, 0.5) is 0 Å². The third-order valence-electron chi connectivity index (χ3n) is 5.86. The fraction of sp³-hybridized carbons (Fsp3) is 0.455. The summed E-state index contributed by atoms with van der Waals surface area (Å²) in [6.45, 7) is 5.53. The number of hydrogen-bond acceptors (Lipinski definition) is 4. The second-order valence-corrected chi connectivity index (χ2v) is 7.90. The molecule has 2 aromatic rings. The Hall–Kier alpha value is -1.72. The number of fused-ring (bicyclic) bond motifs is 1. The van der Waals surface area contributed by atoms with Crippen molar-refractivity contribution in [2.24, 2.45) is 5.73 Å². The van der Waals surface area contributed by atoms with Crippen LogP contribution in [0.5, 0.6) is 0 Å². The molecule has 138 valence electrons. The summed E-state index contributed by atoms with van der Waals surface area (Å²) in [4.78, 5) is 2.50. The molecule has 1 fully saturated rings. The number of aryl methyl sites for hydroxylation is 1. The molecule has 1 atom stereocenters. The van der Waals surface area contributed by atoms with Crippen molar-refractivity contribution in [1.82, 2.24) is 10.2 Å². The topological polar surface area (TPSA) is 61.5 Å². The standard InChI is InChI=1S/C22H29N3O/c23-22(16-26)8-7-20-13-19(5-6-21(20)14-22)18-3-1-17(2-4-18)15-25-11-9-24-10-12-25/h1-6,13,24,26H,7-12,14-16,23H2. The van der Waals surface area contributed by atoms with Gasteiger partial charge in [-0.1, -0.05) is 42.5 Å². The maximum Gasteiger partial charge on any atom is 0.0614 e. The number of aliphatic hydroxyl groups is 1. The molecule has 0 radical (unpaired) electrons. The number of nitrogens with one attached hydrogen (secondary N) is 1. The minimum absolute atomic E-state index is 0.0583. The molecule has 0 aromatic heterocycles. The average Bonchev–Trinajstić information content (AvgIpc) is 2.69. The monoisotopic (exact) mass is 351 g/mol. The zero-order chi connectivity index (χ0) is 18.0. The number of nitrogens with two attached hydrogens (primary N) is 1. The number of hydrogen-bond donors (Lipinski definition) is 3. The molecule has 1 heterocycles. The molecule has 2 aromatic carbocycles. The third kappa shape index (κ3) is 3.84. The van der Waals surface area contributed by atoms with Gasteiger partial charge in [0.1, 0.15) is 0 Å². The van der Waals surface area contributed by atoms with Gasteiger partial charge in [-0.3, -0.25) is 4.90 Å². The van der Waals surface area contributed by atoms with Gasteiger partial charge in [-0.05, 0) is 47.1 Å². The third-order valence-corrected chi connectivity index (χ3v) is 5.86. The number of aliphatic hydroxyl groups excluding tert-OH is 1. The molecule has 0 amide bonds. The van der Waals surface area contributed by atoms with Crippen LogP contribution < -0.4 is 11.1 Å². The van der Waals surface area contributed by atoms with E-state index >= 15 is 0 Å². The minimum atomic E-state index is -0.444. The van der Waals surface area contributed by atoms with Gasteiger partial charge in [-0.25, -0.2) is 0 Å². The molecule has 0 saturated carbocycles. The highest BCUT2D eigenvalue weighted by molar-refractivity contribution is 5.65. The van der Waals surface area contributed by atoms with Crippen LogP contribution in [-0.2, 0) is 19.4 Å². The maximum absolute atomic E-state index is 9.52. The van der Waals surface area contributed by atoms with E-state index in [0.717, 1.165) is 52.0 Å². The summed E-state index contributed by atoms with van der Waals surface area (Å²) in [7, 11) is 0. The van der Waals surface area contributed by atoms with Crippen molar-refractivity contribution in [3.05, 3.63) is 59.2 Å². The maximum atomic E-state index is 9.52. The van der Waals surface area contributed by atoms with Gasteiger partial charge in [-0.15, -0.1) is 0 Å². The van der Waals surface area contributed by atoms with Gasteiger partial charge < -0.3 is 16.2 Å². The summed E-state index contributed by atoms with van der Waals surface area (Å²) >= 11 is 0. The van der Waals surface area contributed by atoms with Crippen LogP contribution in [0.2, 0.25) is 0 Å². The van der Waals surface area contributed by atoms with Crippen molar-refractivity contribution in [1.29, 1.82) is 0 Å². The number of nitrogens with zero attached hydrogens (tertiary/aromatic N) is 1. The van der Waals surface area contributed by atoms with Crippen molar-refractivity contribution in [3.8, 4) is 11.1 Å². The summed E-state index contributed by atoms with van der Waals surface area (Å²) in [6, 6.07) is 15.7. The zero-order valence-electron chi connectivity index (χ0n) is 15.4. The van der Waals surface area contributed by atoms with Crippen molar-refractivity contribution in [2.75, 3.05) is 32.8 Å². The summed E-state index contributed by atoms with van der Waals surface area (Å²) < 4.78 is 0. The van der Waals surface area contributed by atoms with Crippen LogP contribution in [-0.4, -0.2) is 48.3 Å². The van der Waals surface area contributed by atoms with Crippen molar-refractivity contribution in [2.45, 2.75) is 31.3 Å². The Bertz CT molecular complexity index is 752. The van der Waals surface area contributed by atoms with Gasteiger partial charge in [0, 0.05) is 38.3 Å². The molecule has 2 aliphatic rings. The highest BCUT2D eigenvalue weighted by atomic mass is 16.3. The molecule has 0 spiro atoms. The van der Waals surface area contributed by atoms with Gasteiger partial charge in [0.25, 0.3) is 0 Å². The average molecular weight is 351 g/mol. The fourth-order valence-electron chi connectivity index (χ4n) is 4.13. The smallest absolute Gasteiger partial charge is 0.0614 e. The summed E-state index contributed by atoms with van der Waals surface area (Å²) in [5.41, 5.74) is 12.4. The Morgan fingerprint density at radius 1 is 1.00 bits per heavy atom. The summed E-state index contributed by atoms with van der Waals surface area (Å²) in [5.74, 6) is 0. The first-order valence-corrected chi connectivity index (χ1v) is 9.69. The predicted molar refractivity (Wildman–Crippen MR) is 106 cm³/mol. The van der Waals surface area contributed by atoms with E-state index in [0.29, 0.717) is 0 Å². The highest BCUT2D eigenvalue weighted by Crippen LogP contribution is 2.31. The van der Waals surface area contributed by atoms with Gasteiger partial charge in [0.2, 0.25) is 0 Å². The molecule has 4 rings (SSSR count).